The van der Waals surface area contributed by atoms with Crippen LogP contribution in [0.15, 0.2) is 50.5 Å². The third-order valence-corrected chi connectivity index (χ3v) is 5.61. The molecular formula is C17H16ClN3O5S. The summed E-state index contributed by atoms with van der Waals surface area (Å²) in [7, 11) is -4.06. The van der Waals surface area contributed by atoms with Crippen LogP contribution in [0.3, 0.4) is 0 Å². The van der Waals surface area contributed by atoms with Crippen LogP contribution >= 0.6 is 11.6 Å². The number of aromatic nitrogens is 1. The number of nitrogens with zero attached hydrogens (tertiary/aromatic N) is 1. The van der Waals surface area contributed by atoms with Gasteiger partial charge in [-0.05, 0) is 31.2 Å². The van der Waals surface area contributed by atoms with E-state index in [-0.39, 0.29) is 27.1 Å². The molecule has 0 aliphatic rings. The maximum atomic E-state index is 12.8. The van der Waals surface area contributed by atoms with E-state index in [1.165, 1.54) is 35.8 Å². The summed E-state index contributed by atoms with van der Waals surface area (Å²) in [6.45, 7) is 3.48. The van der Waals surface area contributed by atoms with E-state index in [1.807, 2.05) is 0 Å². The third kappa shape index (κ3) is 3.83. The second kappa shape index (κ2) is 7.09. The molecule has 142 valence electrons. The number of hydrogen-bond donors (Lipinski definition) is 2. The predicted molar refractivity (Wildman–Crippen MR) is 103 cm³/mol. The summed E-state index contributed by atoms with van der Waals surface area (Å²) in [5, 5.41) is 2.52. The summed E-state index contributed by atoms with van der Waals surface area (Å²) in [4.78, 5) is 22.7. The molecule has 3 aromatic rings. The highest BCUT2D eigenvalue weighted by atomic mass is 35.5. The van der Waals surface area contributed by atoms with E-state index in [2.05, 4.69) is 10.0 Å². The Morgan fingerprint density at radius 3 is 2.59 bits per heavy atom. The number of fused-ring (bicyclic) bond motifs is 1. The molecule has 0 aliphatic heterocycles. The van der Waals surface area contributed by atoms with Gasteiger partial charge in [0.25, 0.3) is 10.0 Å². The predicted octanol–water partition coefficient (Wildman–Crippen LogP) is 3.03. The van der Waals surface area contributed by atoms with Gasteiger partial charge >= 0.3 is 5.76 Å². The van der Waals surface area contributed by atoms with E-state index in [4.69, 9.17) is 16.0 Å². The van der Waals surface area contributed by atoms with Gasteiger partial charge in [0.15, 0.2) is 5.58 Å². The molecular weight excluding hydrogens is 394 g/mol. The van der Waals surface area contributed by atoms with Gasteiger partial charge in [-0.25, -0.2) is 13.2 Å². The topological polar surface area (TPSA) is 110 Å². The summed E-state index contributed by atoms with van der Waals surface area (Å²) < 4.78 is 34.4. The first-order valence-electron chi connectivity index (χ1n) is 7.94. The minimum atomic E-state index is -4.06. The van der Waals surface area contributed by atoms with Crippen LogP contribution in [-0.2, 0) is 21.4 Å². The number of aryl methyl sites for hydroxylation is 1. The fourth-order valence-electron chi connectivity index (χ4n) is 2.64. The van der Waals surface area contributed by atoms with Crippen LogP contribution < -0.4 is 15.8 Å². The van der Waals surface area contributed by atoms with Crippen LogP contribution in [0.4, 0.5) is 11.4 Å². The molecule has 27 heavy (non-hydrogen) atoms. The second-order valence-electron chi connectivity index (χ2n) is 5.73. The number of hydrogen-bond acceptors (Lipinski definition) is 5. The highest BCUT2D eigenvalue weighted by Gasteiger charge is 2.22. The van der Waals surface area contributed by atoms with Crippen molar-refractivity contribution in [1.29, 1.82) is 0 Å². The van der Waals surface area contributed by atoms with Crippen molar-refractivity contribution in [2.75, 3.05) is 10.0 Å². The van der Waals surface area contributed by atoms with Crippen molar-refractivity contribution in [3.05, 3.63) is 52.0 Å². The van der Waals surface area contributed by atoms with E-state index in [1.54, 1.807) is 19.1 Å². The molecule has 1 aromatic heterocycles. The van der Waals surface area contributed by atoms with Crippen molar-refractivity contribution in [3.63, 3.8) is 0 Å². The molecule has 8 nitrogen and oxygen atoms in total. The standard InChI is InChI=1S/C17H16ClN3O5S/c1-3-21-14-8-13(18)16(9-15(14)26-17(21)23)27(24,25)20-12-6-4-5-11(7-12)19-10(2)22/h4-9,20H,3H2,1-2H3,(H,19,22). The molecule has 0 saturated carbocycles. The molecule has 0 saturated heterocycles. The fraction of sp³-hybridized carbons (Fsp3) is 0.176. The molecule has 0 spiro atoms. The number of benzene rings is 2. The van der Waals surface area contributed by atoms with Crippen molar-refractivity contribution in [1.82, 2.24) is 4.57 Å². The molecule has 10 heteroatoms. The van der Waals surface area contributed by atoms with Crippen LogP contribution in [0.1, 0.15) is 13.8 Å². The smallest absolute Gasteiger partial charge is 0.408 e. The van der Waals surface area contributed by atoms with Gasteiger partial charge in [-0.3, -0.25) is 14.1 Å². The molecule has 1 amide bonds. The Kier molecular flexibility index (Phi) is 4.99. The number of sulfonamides is 1. The van der Waals surface area contributed by atoms with Gasteiger partial charge in [-0.2, -0.15) is 0 Å². The summed E-state index contributed by atoms with van der Waals surface area (Å²) >= 11 is 6.16. The fourth-order valence-corrected chi connectivity index (χ4v) is 4.23. The van der Waals surface area contributed by atoms with Crippen molar-refractivity contribution in [3.8, 4) is 0 Å². The normalized spacial score (nSPS) is 11.5. The van der Waals surface area contributed by atoms with E-state index < -0.39 is 15.8 Å². The number of nitrogens with one attached hydrogen (secondary N) is 2. The molecule has 2 N–H and O–H groups in total. The Bertz CT molecular complexity index is 1200. The minimum absolute atomic E-state index is 0.0454. The number of amides is 1. The van der Waals surface area contributed by atoms with Crippen LogP contribution in [0.5, 0.6) is 0 Å². The van der Waals surface area contributed by atoms with Gasteiger partial charge in [0.1, 0.15) is 4.90 Å². The van der Waals surface area contributed by atoms with E-state index in [0.717, 1.165) is 0 Å². The highest BCUT2D eigenvalue weighted by molar-refractivity contribution is 7.92. The number of oxazole rings is 1. The van der Waals surface area contributed by atoms with Gasteiger partial charge in [0, 0.05) is 25.2 Å². The largest absolute Gasteiger partial charge is 0.419 e. The zero-order valence-corrected chi connectivity index (χ0v) is 16.0. The Morgan fingerprint density at radius 2 is 1.93 bits per heavy atom. The van der Waals surface area contributed by atoms with Crippen LogP contribution in [0.2, 0.25) is 5.02 Å². The monoisotopic (exact) mass is 409 g/mol. The molecule has 0 fully saturated rings. The van der Waals surface area contributed by atoms with Gasteiger partial charge in [0.2, 0.25) is 5.91 Å². The van der Waals surface area contributed by atoms with Gasteiger partial charge < -0.3 is 9.73 Å². The average molecular weight is 410 g/mol. The maximum Gasteiger partial charge on any atom is 0.419 e. The zero-order valence-electron chi connectivity index (χ0n) is 14.4. The molecule has 3 rings (SSSR count). The number of rotatable bonds is 5. The van der Waals surface area contributed by atoms with Gasteiger partial charge in [-0.15, -0.1) is 0 Å². The SMILES string of the molecule is CCn1c(=O)oc2cc(S(=O)(=O)Nc3cccc(NC(C)=O)c3)c(Cl)cc21. The van der Waals surface area contributed by atoms with Crippen LogP contribution in [0, 0.1) is 0 Å². The number of carbonyl (C=O) groups is 1. The number of anilines is 2. The van der Waals surface area contributed by atoms with Crippen molar-refractivity contribution in [2.24, 2.45) is 0 Å². The molecule has 0 aliphatic carbocycles. The van der Waals surface area contributed by atoms with Gasteiger partial charge in [0.05, 0.1) is 16.2 Å². The van der Waals surface area contributed by atoms with Crippen molar-refractivity contribution < 1.29 is 17.6 Å². The Morgan fingerprint density at radius 1 is 1.22 bits per heavy atom. The summed E-state index contributed by atoms with van der Waals surface area (Å²) in [5.74, 6) is -0.868. The quantitative estimate of drug-likeness (QED) is 0.672. The van der Waals surface area contributed by atoms with Gasteiger partial charge in [-0.1, -0.05) is 17.7 Å². The number of carbonyl (C=O) groups excluding carboxylic acids is 1. The first-order chi connectivity index (χ1) is 12.7. The lowest BCUT2D eigenvalue weighted by molar-refractivity contribution is -0.114. The average Bonchev–Trinajstić information content (AvgIpc) is 2.87. The van der Waals surface area contributed by atoms with Crippen molar-refractivity contribution in [2.45, 2.75) is 25.3 Å². The van der Waals surface area contributed by atoms with Crippen LogP contribution in [-0.4, -0.2) is 18.9 Å². The Hall–Kier alpha value is -2.78. The molecule has 0 unspecified atom stereocenters. The molecule has 0 radical (unpaired) electrons. The molecule has 0 bridgehead atoms. The first-order valence-corrected chi connectivity index (χ1v) is 9.80. The van der Waals surface area contributed by atoms with E-state index in [0.29, 0.717) is 17.7 Å². The number of halogens is 1. The second-order valence-corrected chi connectivity index (χ2v) is 7.79. The van der Waals surface area contributed by atoms with Crippen molar-refractivity contribution >= 4 is 50.0 Å². The first kappa shape index (κ1) is 19.0. The molecule has 0 atom stereocenters. The minimum Gasteiger partial charge on any atom is -0.408 e. The summed E-state index contributed by atoms with van der Waals surface area (Å²) in [6.07, 6.45) is 0. The lowest BCUT2D eigenvalue weighted by atomic mass is 10.3. The third-order valence-electron chi connectivity index (χ3n) is 3.76. The van der Waals surface area contributed by atoms with E-state index in [9.17, 15) is 18.0 Å². The Balaban J connectivity index is 2.01. The summed E-state index contributed by atoms with van der Waals surface area (Å²) in [6, 6.07) is 8.82. The summed E-state index contributed by atoms with van der Waals surface area (Å²) in [5.41, 5.74) is 1.22. The molecule has 1 heterocycles. The lowest BCUT2D eigenvalue weighted by Gasteiger charge is -2.11. The maximum absolute atomic E-state index is 12.8. The molecule has 2 aromatic carbocycles. The lowest BCUT2D eigenvalue weighted by Crippen LogP contribution is -2.14. The van der Waals surface area contributed by atoms with Crippen LogP contribution in [0.25, 0.3) is 11.1 Å². The highest BCUT2D eigenvalue weighted by Crippen LogP contribution is 2.29. The Labute approximate surface area is 159 Å². The zero-order chi connectivity index (χ0) is 19.8. The van der Waals surface area contributed by atoms with E-state index >= 15 is 0 Å².